The van der Waals surface area contributed by atoms with Gasteiger partial charge in [-0.25, -0.2) is 0 Å². The van der Waals surface area contributed by atoms with Crippen molar-refractivity contribution >= 4 is 0 Å². The van der Waals surface area contributed by atoms with Crippen molar-refractivity contribution in [2.24, 2.45) is 0 Å². The van der Waals surface area contributed by atoms with Gasteiger partial charge in [-0.3, -0.25) is 0 Å². The fourth-order valence-corrected chi connectivity index (χ4v) is 4.58. The zero-order chi connectivity index (χ0) is 17.9. The highest BCUT2D eigenvalue weighted by molar-refractivity contribution is 5.40. The molecule has 2 aliphatic heterocycles. The van der Waals surface area contributed by atoms with Gasteiger partial charge < -0.3 is 19.3 Å². The Kier molecular flexibility index (Phi) is 5.71. The predicted octanol–water partition coefficient (Wildman–Crippen LogP) is 3.16. The van der Waals surface area contributed by atoms with Gasteiger partial charge in [0.2, 0.25) is 0 Å². The lowest BCUT2D eigenvalue weighted by Crippen LogP contribution is -2.48. The number of para-hydroxylation sites is 1. The number of methoxy groups -OCH3 is 1. The third kappa shape index (κ3) is 4.36. The second-order valence-electron chi connectivity index (χ2n) is 8.41. The number of hydrogen-bond acceptors (Lipinski definition) is 4. The van der Waals surface area contributed by atoms with Gasteiger partial charge in [0.15, 0.2) is 0 Å². The van der Waals surface area contributed by atoms with Crippen molar-refractivity contribution in [3.63, 3.8) is 0 Å². The molecule has 0 saturated carbocycles. The average Bonchev–Trinajstić information content (AvgIpc) is 2.60. The molecule has 0 unspecified atom stereocenters. The molecule has 0 radical (unpaired) electrons. The van der Waals surface area contributed by atoms with E-state index in [1.807, 2.05) is 0 Å². The highest BCUT2D eigenvalue weighted by Crippen LogP contribution is 2.47. The zero-order valence-electron chi connectivity index (χ0n) is 16.4. The standard InChI is InChI=1S/C21H34N2O2/c1-20(2)17-21(10-16-25-20,18-7-5-6-8-19(18)24-4)9-11-23-14-12-22(3)13-15-23/h5-8H,9-17H2,1-4H3/t21-/m1/s1. The SMILES string of the molecule is COc1ccccc1[C@]1(CCN2CCN(C)CC2)CCOC(C)(C)C1. The summed E-state index contributed by atoms with van der Waals surface area (Å²) in [5, 5.41) is 0. The van der Waals surface area contributed by atoms with Crippen molar-refractivity contribution in [2.75, 3.05) is 53.5 Å². The van der Waals surface area contributed by atoms with Crippen LogP contribution in [0.2, 0.25) is 0 Å². The molecule has 1 aromatic carbocycles. The molecule has 0 amide bonds. The molecule has 0 spiro atoms. The highest BCUT2D eigenvalue weighted by Gasteiger charge is 2.43. The minimum Gasteiger partial charge on any atom is -0.496 e. The van der Waals surface area contributed by atoms with E-state index in [1.54, 1.807) is 7.11 Å². The van der Waals surface area contributed by atoms with Crippen molar-refractivity contribution < 1.29 is 9.47 Å². The summed E-state index contributed by atoms with van der Waals surface area (Å²) >= 11 is 0. The van der Waals surface area contributed by atoms with Crippen molar-refractivity contribution in [1.82, 2.24) is 9.80 Å². The van der Waals surface area contributed by atoms with Crippen molar-refractivity contribution in [2.45, 2.75) is 44.1 Å². The van der Waals surface area contributed by atoms with Gasteiger partial charge in [0.25, 0.3) is 0 Å². The Morgan fingerprint density at radius 2 is 1.84 bits per heavy atom. The Hall–Kier alpha value is -1.10. The van der Waals surface area contributed by atoms with Crippen LogP contribution in [0.3, 0.4) is 0 Å². The quantitative estimate of drug-likeness (QED) is 0.818. The first-order valence-corrected chi connectivity index (χ1v) is 9.63. The van der Waals surface area contributed by atoms with E-state index in [0.29, 0.717) is 0 Å². The van der Waals surface area contributed by atoms with Crippen LogP contribution in [-0.4, -0.2) is 68.9 Å². The molecule has 2 aliphatic rings. The second-order valence-corrected chi connectivity index (χ2v) is 8.41. The lowest BCUT2D eigenvalue weighted by atomic mass is 9.67. The van der Waals surface area contributed by atoms with Crippen LogP contribution in [0.25, 0.3) is 0 Å². The maximum Gasteiger partial charge on any atom is 0.122 e. The molecule has 140 valence electrons. The molecule has 1 aromatic rings. The van der Waals surface area contributed by atoms with E-state index in [0.717, 1.165) is 31.7 Å². The van der Waals surface area contributed by atoms with Crippen molar-refractivity contribution in [3.8, 4) is 5.75 Å². The van der Waals surface area contributed by atoms with Gasteiger partial charge in [0, 0.05) is 43.8 Å². The smallest absolute Gasteiger partial charge is 0.122 e. The summed E-state index contributed by atoms with van der Waals surface area (Å²) in [6.07, 6.45) is 3.29. The van der Waals surface area contributed by atoms with Gasteiger partial charge >= 0.3 is 0 Å². The first-order valence-electron chi connectivity index (χ1n) is 9.63. The Labute approximate surface area is 153 Å². The summed E-state index contributed by atoms with van der Waals surface area (Å²) in [5.41, 5.74) is 1.42. The van der Waals surface area contributed by atoms with Crippen LogP contribution in [0.4, 0.5) is 0 Å². The Balaban J connectivity index is 1.82. The molecular weight excluding hydrogens is 312 g/mol. The van der Waals surface area contributed by atoms with Gasteiger partial charge in [0.1, 0.15) is 5.75 Å². The fourth-order valence-electron chi connectivity index (χ4n) is 4.58. The van der Waals surface area contributed by atoms with Crippen LogP contribution >= 0.6 is 0 Å². The van der Waals surface area contributed by atoms with E-state index in [4.69, 9.17) is 9.47 Å². The molecule has 4 heteroatoms. The van der Waals surface area contributed by atoms with Crippen LogP contribution in [0.5, 0.6) is 5.75 Å². The molecule has 2 fully saturated rings. The third-order valence-corrected chi connectivity index (χ3v) is 6.02. The van der Waals surface area contributed by atoms with Crippen LogP contribution in [0.1, 0.15) is 38.7 Å². The van der Waals surface area contributed by atoms with Crippen LogP contribution < -0.4 is 4.74 Å². The van der Waals surface area contributed by atoms with Gasteiger partial charge in [-0.2, -0.15) is 0 Å². The molecule has 2 heterocycles. The van der Waals surface area contributed by atoms with Gasteiger partial charge in [-0.1, -0.05) is 18.2 Å². The van der Waals surface area contributed by atoms with Crippen LogP contribution in [0, 0.1) is 0 Å². The largest absolute Gasteiger partial charge is 0.496 e. The maximum atomic E-state index is 6.06. The van der Waals surface area contributed by atoms with Crippen LogP contribution in [0.15, 0.2) is 24.3 Å². The number of piperazine rings is 1. The number of likely N-dealkylation sites (N-methyl/N-ethyl adjacent to an activating group) is 1. The summed E-state index contributed by atoms with van der Waals surface area (Å²) in [4.78, 5) is 5.05. The average molecular weight is 347 g/mol. The number of benzene rings is 1. The number of hydrogen-bond donors (Lipinski definition) is 0. The highest BCUT2D eigenvalue weighted by atomic mass is 16.5. The maximum absolute atomic E-state index is 6.06. The summed E-state index contributed by atoms with van der Waals surface area (Å²) in [7, 11) is 4.01. The van der Waals surface area contributed by atoms with E-state index in [9.17, 15) is 0 Å². The molecule has 0 N–H and O–H groups in total. The molecule has 3 rings (SSSR count). The molecule has 2 saturated heterocycles. The summed E-state index contributed by atoms with van der Waals surface area (Å²) in [6, 6.07) is 8.60. The monoisotopic (exact) mass is 346 g/mol. The minimum absolute atomic E-state index is 0.0821. The second kappa shape index (κ2) is 7.65. The van der Waals surface area contributed by atoms with E-state index >= 15 is 0 Å². The predicted molar refractivity (Wildman–Crippen MR) is 102 cm³/mol. The summed E-state index contributed by atoms with van der Waals surface area (Å²) in [5.74, 6) is 1.03. The molecule has 0 aliphatic carbocycles. The molecule has 0 aromatic heterocycles. The van der Waals surface area contributed by atoms with E-state index in [2.05, 4.69) is 55.0 Å². The Morgan fingerprint density at radius 3 is 2.52 bits per heavy atom. The minimum atomic E-state index is -0.0821. The molecule has 1 atom stereocenters. The third-order valence-electron chi connectivity index (χ3n) is 6.02. The fraction of sp³-hybridized carbons (Fsp3) is 0.714. The Bertz CT molecular complexity index is 567. The Morgan fingerprint density at radius 1 is 1.12 bits per heavy atom. The normalized spacial score (nSPS) is 28.0. The number of rotatable bonds is 5. The number of ether oxygens (including phenoxy) is 2. The van der Waals surface area contributed by atoms with Crippen molar-refractivity contribution in [1.29, 1.82) is 0 Å². The van der Waals surface area contributed by atoms with Gasteiger partial charge in [-0.15, -0.1) is 0 Å². The first-order chi connectivity index (χ1) is 11.9. The molecular formula is C21H34N2O2. The topological polar surface area (TPSA) is 24.9 Å². The van der Waals surface area contributed by atoms with Crippen molar-refractivity contribution in [3.05, 3.63) is 29.8 Å². The number of nitrogens with zero attached hydrogens (tertiary/aromatic N) is 2. The molecule has 0 bridgehead atoms. The summed E-state index contributed by atoms with van der Waals surface area (Å²) in [6.45, 7) is 11.2. The molecule has 25 heavy (non-hydrogen) atoms. The van der Waals surface area contributed by atoms with E-state index in [-0.39, 0.29) is 11.0 Å². The van der Waals surface area contributed by atoms with Crippen LogP contribution in [-0.2, 0) is 10.2 Å². The molecule has 4 nitrogen and oxygen atoms in total. The van der Waals surface area contributed by atoms with Gasteiger partial charge in [-0.05, 0) is 52.8 Å². The lowest BCUT2D eigenvalue weighted by molar-refractivity contribution is -0.0859. The summed E-state index contributed by atoms with van der Waals surface area (Å²) < 4.78 is 11.8. The van der Waals surface area contributed by atoms with E-state index < -0.39 is 0 Å². The van der Waals surface area contributed by atoms with Gasteiger partial charge in [0.05, 0.1) is 12.7 Å². The first kappa shape index (κ1) is 18.7. The zero-order valence-corrected chi connectivity index (χ0v) is 16.4. The van der Waals surface area contributed by atoms with E-state index in [1.165, 1.54) is 38.2 Å². The lowest BCUT2D eigenvalue weighted by Gasteiger charge is -2.47.